The molecule has 0 saturated carbocycles. The summed E-state index contributed by atoms with van der Waals surface area (Å²) in [5, 5.41) is 2.91. The van der Waals surface area contributed by atoms with E-state index in [0.29, 0.717) is 12.8 Å². The van der Waals surface area contributed by atoms with Crippen LogP contribution >= 0.6 is 0 Å². The van der Waals surface area contributed by atoms with Gasteiger partial charge in [0.25, 0.3) is 0 Å². The molecule has 0 aromatic carbocycles. The third-order valence-corrected chi connectivity index (χ3v) is 4.08. The molecular weight excluding hydrogens is 216 g/mol. The van der Waals surface area contributed by atoms with Crippen LogP contribution in [0, 0.1) is 0 Å². The first kappa shape index (κ1) is 14.0. The number of amides is 2. The first-order chi connectivity index (χ1) is 7.93. The quantitative estimate of drug-likeness (QED) is 0.813. The highest BCUT2D eigenvalue weighted by molar-refractivity contribution is 5.99. The van der Waals surface area contributed by atoms with Gasteiger partial charge in [-0.15, -0.1) is 0 Å². The molecule has 1 rings (SSSR count). The van der Waals surface area contributed by atoms with Gasteiger partial charge in [-0.1, -0.05) is 20.8 Å². The molecule has 2 amide bonds. The third kappa shape index (κ3) is 2.17. The normalized spacial score (nSPS) is 25.7. The van der Waals surface area contributed by atoms with Crippen LogP contribution in [0.25, 0.3) is 0 Å². The van der Waals surface area contributed by atoms with E-state index < -0.39 is 5.54 Å². The molecule has 2 atom stereocenters. The monoisotopic (exact) mass is 240 g/mol. The average molecular weight is 240 g/mol. The number of piperazine rings is 1. The molecule has 0 bridgehead atoms. The van der Waals surface area contributed by atoms with Crippen molar-refractivity contribution in [2.24, 2.45) is 0 Å². The van der Waals surface area contributed by atoms with Crippen molar-refractivity contribution < 1.29 is 9.59 Å². The summed E-state index contributed by atoms with van der Waals surface area (Å²) >= 11 is 0. The lowest BCUT2D eigenvalue weighted by atomic mass is 9.86. The Kier molecular flexibility index (Phi) is 4.17. The summed E-state index contributed by atoms with van der Waals surface area (Å²) in [5.41, 5.74) is -0.687. The van der Waals surface area contributed by atoms with Gasteiger partial charge in [0.1, 0.15) is 11.6 Å². The second-order valence-electron chi connectivity index (χ2n) is 4.92. The van der Waals surface area contributed by atoms with E-state index in [4.69, 9.17) is 0 Å². The Labute approximate surface area is 104 Å². The van der Waals surface area contributed by atoms with E-state index in [9.17, 15) is 9.59 Å². The summed E-state index contributed by atoms with van der Waals surface area (Å²) in [4.78, 5) is 26.3. The molecule has 17 heavy (non-hydrogen) atoms. The molecular formula is C13H24N2O2. The van der Waals surface area contributed by atoms with Crippen LogP contribution in [-0.4, -0.2) is 34.3 Å². The highest BCUT2D eigenvalue weighted by Gasteiger charge is 2.48. The Morgan fingerprint density at radius 1 is 1.29 bits per heavy atom. The molecule has 1 saturated heterocycles. The minimum Gasteiger partial charge on any atom is -0.340 e. The van der Waals surface area contributed by atoms with E-state index in [1.165, 1.54) is 0 Å². The zero-order valence-electron chi connectivity index (χ0n) is 11.5. The van der Waals surface area contributed by atoms with Crippen molar-refractivity contribution in [3.8, 4) is 0 Å². The molecule has 0 radical (unpaired) electrons. The van der Waals surface area contributed by atoms with E-state index >= 15 is 0 Å². The Hall–Kier alpha value is -1.06. The summed E-state index contributed by atoms with van der Waals surface area (Å²) in [5.74, 6) is 0.0394. The van der Waals surface area contributed by atoms with Gasteiger partial charge >= 0.3 is 0 Å². The number of carbonyl (C=O) groups excluding carboxylic acids is 2. The second kappa shape index (κ2) is 5.07. The van der Waals surface area contributed by atoms with Gasteiger partial charge in [-0.25, -0.2) is 0 Å². The first-order valence-electron chi connectivity index (χ1n) is 6.58. The maximum atomic E-state index is 12.6. The summed E-state index contributed by atoms with van der Waals surface area (Å²) in [7, 11) is 0. The largest absolute Gasteiger partial charge is 0.340 e. The van der Waals surface area contributed by atoms with E-state index in [0.717, 1.165) is 6.42 Å². The molecule has 4 nitrogen and oxygen atoms in total. The molecule has 1 aliphatic rings. The van der Waals surface area contributed by atoms with Crippen LogP contribution in [-0.2, 0) is 9.59 Å². The third-order valence-electron chi connectivity index (χ3n) is 4.08. The number of nitrogens with zero attached hydrogens (tertiary/aromatic N) is 1. The van der Waals surface area contributed by atoms with Crippen molar-refractivity contribution in [3.05, 3.63) is 0 Å². The molecule has 4 heteroatoms. The second-order valence-corrected chi connectivity index (χ2v) is 4.92. The maximum absolute atomic E-state index is 12.6. The number of nitrogens with one attached hydrogen (secondary N) is 1. The SMILES string of the molecule is CCC(C)N1C(=O)C(CC)(CC)NC(=O)C1C. The first-order valence-corrected chi connectivity index (χ1v) is 6.58. The summed E-state index contributed by atoms with van der Waals surface area (Å²) < 4.78 is 0. The van der Waals surface area contributed by atoms with E-state index in [2.05, 4.69) is 5.32 Å². The highest BCUT2D eigenvalue weighted by atomic mass is 16.2. The van der Waals surface area contributed by atoms with Crippen LogP contribution in [0.3, 0.4) is 0 Å². The molecule has 1 aliphatic heterocycles. The van der Waals surface area contributed by atoms with Crippen molar-refractivity contribution in [2.75, 3.05) is 0 Å². The maximum Gasteiger partial charge on any atom is 0.249 e. The Morgan fingerprint density at radius 3 is 2.24 bits per heavy atom. The predicted octanol–water partition coefficient (Wildman–Crippen LogP) is 1.69. The Balaban J connectivity index is 3.11. The van der Waals surface area contributed by atoms with Gasteiger partial charge in [0.2, 0.25) is 11.8 Å². The number of rotatable bonds is 4. The van der Waals surface area contributed by atoms with Crippen LogP contribution in [0.4, 0.5) is 0 Å². The fraction of sp³-hybridized carbons (Fsp3) is 0.846. The fourth-order valence-corrected chi connectivity index (χ4v) is 2.45. The number of hydrogen-bond acceptors (Lipinski definition) is 2. The smallest absolute Gasteiger partial charge is 0.249 e. The van der Waals surface area contributed by atoms with E-state index in [-0.39, 0.29) is 23.9 Å². The number of hydrogen-bond donors (Lipinski definition) is 1. The standard InChI is InChI=1S/C13H24N2O2/c1-6-9(4)15-10(5)11(16)14-13(7-2,8-3)12(15)17/h9-10H,6-8H2,1-5H3,(H,14,16). The molecule has 0 spiro atoms. The van der Waals surface area contributed by atoms with Gasteiger partial charge in [0.05, 0.1) is 0 Å². The van der Waals surface area contributed by atoms with Crippen LogP contribution < -0.4 is 5.32 Å². The lowest BCUT2D eigenvalue weighted by Gasteiger charge is -2.46. The van der Waals surface area contributed by atoms with Crippen molar-refractivity contribution in [1.82, 2.24) is 10.2 Å². The molecule has 1 heterocycles. The van der Waals surface area contributed by atoms with Crippen molar-refractivity contribution in [1.29, 1.82) is 0 Å². The highest BCUT2D eigenvalue weighted by Crippen LogP contribution is 2.27. The van der Waals surface area contributed by atoms with Crippen molar-refractivity contribution >= 4 is 11.8 Å². The molecule has 0 aromatic rings. The lowest BCUT2D eigenvalue weighted by Crippen LogP contribution is -2.70. The predicted molar refractivity (Wildman–Crippen MR) is 67.5 cm³/mol. The number of carbonyl (C=O) groups is 2. The van der Waals surface area contributed by atoms with Crippen LogP contribution in [0.15, 0.2) is 0 Å². The molecule has 98 valence electrons. The van der Waals surface area contributed by atoms with Gasteiger partial charge in [-0.05, 0) is 33.1 Å². The van der Waals surface area contributed by atoms with E-state index in [1.807, 2.05) is 27.7 Å². The molecule has 0 aromatic heterocycles. The summed E-state index contributed by atoms with van der Waals surface area (Å²) in [6.45, 7) is 9.74. The molecule has 1 N–H and O–H groups in total. The topological polar surface area (TPSA) is 49.4 Å². The lowest BCUT2D eigenvalue weighted by molar-refractivity contribution is -0.157. The summed E-state index contributed by atoms with van der Waals surface area (Å²) in [6.07, 6.45) is 2.16. The van der Waals surface area contributed by atoms with Crippen LogP contribution in [0.1, 0.15) is 53.9 Å². The van der Waals surface area contributed by atoms with E-state index in [1.54, 1.807) is 11.8 Å². The Bertz CT molecular complexity index is 311. The van der Waals surface area contributed by atoms with Gasteiger partial charge in [-0.2, -0.15) is 0 Å². The van der Waals surface area contributed by atoms with Gasteiger partial charge in [0, 0.05) is 6.04 Å². The molecule has 0 aliphatic carbocycles. The van der Waals surface area contributed by atoms with Crippen molar-refractivity contribution in [3.63, 3.8) is 0 Å². The van der Waals surface area contributed by atoms with Gasteiger partial charge in [0.15, 0.2) is 0 Å². The molecule has 1 fully saturated rings. The van der Waals surface area contributed by atoms with Crippen LogP contribution in [0.2, 0.25) is 0 Å². The van der Waals surface area contributed by atoms with Gasteiger partial charge in [-0.3, -0.25) is 9.59 Å². The summed E-state index contributed by atoms with van der Waals surface area (Å²) in [6, 6.07) is -0.246. The average Bonchev–Trinajstić information content (AvgIpc) is 2.34. The van der Waals surface area contributed by atoms with Gasteiger partial charge < -0.3 is 10.2 Å². The molecule has 2 unspecified atom stereocenters. The zero-order valence-corrected chi connectivity index (χ0v) is 11.5. The Morgan fingerprint density at radius 2 is 1.82 bits per heavy atom. The van der Waals surface area contributed by atoms with Crippen molar-refractivity contribution in [2.45, 2.75) is 71.5 Å². The minimum atomic E-state index is -0.687. The van der Waals surface area contributed by atoms with Crippen LogP contribution in [0.5, 0.6) is 0 Å². The fourth-order valence-electron chi connectivity index (χ4n) is 2.45. The minimum absolute atomic E-state index is 0.0337. The zero-order chi connectivity index (χ0) is 13.2.